The summed E-state index contributed by atoms with van der Waals surface area (Å²) in [6.07, 6.45) is 7.04. The van der Waals surface area contributed by atoms with E-state index in [0.717, 1.165) is 6.54 Å². The van der Waals surface area contributed by atoms with E-state index in [-0.39, 0.29) is 30.7 Å². The molecule has 0 radical (unpaired) electrons. The Morgan fingerprint density at radius 1 is 1.29 bits per heavy atom. The minimum Gasteiger partial charge on any atom is -0.349 e. The molecule has 1 aromatic rings. The summed E-state index contributed by atoms with van der Waals surface area (Å²) in [5.74, 6) is -0.166. The van der Waals surface area contributed by atoms with E-state index in [2.05, 4.69) is 20.6 Å². The number of halogens is 2. The van der Waals surface area contributed by atoms with E-state index in [0.29, 0.717) is 18.3 Å². The highest BCUT2D eigenvalue weighted by Gasteiger charge is 2.19. The van der Waals surface area contributed by atoms with Crippen LogP contribution >= 0.6 is 24.8 Å². The van der Waals surface area contributed by atoms with E-state index in [9.17, 15) is 4.79 Å². The van der Waals surface area contributed by atoms with Gasteiger partial charge in [-0.05, 0) is 12.8 Å². The van der Waals surface area contributed by atoms with Crippen LogP contribution in [0.2, 0.25) is 0 Å². The third-order valence-corrected chi connectivity index (χ3v) is 2.22. The largest absolute Gasteiger partial charge is 0.349 e. The van der Waals surface area contributed by atoms with Crippen LogP contribution in [0.15, 0.2) is 18.6 Å². The van der Waals surface area contributed by atoms with E-state index in [1.165, 1.54) is 25.2 Å². The van der Waals surface area contributed by atoms with Gasteiger partial charge in [0, 0.05) is 31.5 Å². The summed E-state index contributed by atoms with van der Waals surface area (Å²) in [6.45, 7) is 1.45. The molecule has 1 aliphatic rings. The van der Waals surface area contributed by atoms with Gasteiger partial charge in [0.1, 0.15) is 5.69 Å². The average Bonchev–Trinajstić information content (AvgIpc) is 3.09. The van der Waals surface area contributed by atoms with Gasteiger partial charge in [0.05, 0.1) is 6.20 Å². The van der Waals surface area contributed by atoms with Crippen molar-refractivity contribution in [3.8, 4) is 0 Å². The molecule has 0 aromatic carbocycles. The zero-order valence-corrected chi connectivity index (χ0v) is 10.9. The van der Waals surface area contributed by atoms with Crippen molar-refractivity contribution in [3.63, 3.8) is 0 Å². The Hall–Kier alpha value is -0.910. The molecule has 5 nitrogen and oxygen atoms in total. The molecule has 0 unspecified atom stereocenters. The van der Waals surface area contributed by atoms with Crippen molar-refractivity contribution in [3.05, 3.63) is 24.3 Å². The maximum absolute atomic E-state index is 11.5. The van der Waals surface area contributed by atoms with Crippen LogP contribution in [0, 0.1) is 0 Å². The molecule has 1 heterocycles. The lowest BCUT2D eigenvalue weighted by molar-refractivity contribution is 0.0948. The smallest absolute Gasteiger partial charge is 0.271 e. The summed E-state index contributed by atoms with van der Waals surface area (Å²) in [6, 6.07) is 0.679. The fraction of sp³-hybridized carbons (Fsp3) is 0.500. The van der Waals surface area contributed by atoms with Crippen molar-refractivity contribution >= 4 is 30.7 Å². The highest BCUT2D eigenvalue weighted by molar-refractivity contribution is 5.91. The second-order valence-corrected chi connectivity index (χ2v) is 3.57. The predicted octanol–water partition coefficient (Wildman–Crippen LogP) is 0.802. The molecular weight excluding hydrogens is 263 g/mol. The first-order valence-corrected chi connectivity index (χ1v) is 5.14. The molecule has 1 aliphatic carbocycles. The number of rotatable bonds is 5. The Balaban J connectivity index is 0.00000128. The van der Waals surface area contributed by atoms with Crippen LogP contribution in [0.4, 0.5) is 0 Å². The van der Waals surface area contributed by atoms with E-state index in [1.807, 2.05) is 0 Å². The lowest BCUT2D eigenvalue weighted by Gasteiger charge is -2.04. The molecular formula is C10H16Cl2N4O. The van der Waals surface area contributed by atoms with Crippen LogP contribution in [0.1, 0.15) is 23.3 Å². The molecule has 0 aliphatic heterocycles. The van der Waals surface area contributed by atoms with Gasteiger partial charge in [-0.3, -0.25) is 9.78 Å². The Morgan fingerprint density at radius 3 is 2.65 bits per heavy atom. The van der Waals surface area contributed by atoms with E-state index >= 15 is 0 Å². The average molecular weight is 279 g/mol. The van der Waals surface area contributed by atoms with Crippen molar-refractivity contribution in [1.82, 2.24) is 20.6 Å². The number of nitrogens with zero attached hydrogens (tertiary/aromatic N) is 2. The maximum atomic E-state index is 11.5. The number of nitrogens with one attached hydrogen (secondary N) is 2. The van der Waals surface area contributed by atoms with Gasteiger partial charge in [0.2, 0.25) is 0 Å². The topological polar surface area (TPSA) is 66.9 Å². The third kappa shape index (κ3) is 5.81. The lowest BCUT2D eigenvalue weighted by atomic mass is 10.4. The molecule has 1 fully saturated rings. The van der Waals surface area contributed by atoms with Gasteiger partial charge in [0.15, 0.2) is 0 Å². The molecule has 1 aromatic heterocycles. The maximum Gasteiger partial charge on any atom is 0.271 e. The van der Waals surface area contributed by atoms with Crippen molar-refractivity contribution in [1.29, 1.82) is 0 Å². The molecule has 17 heavy (non-hydrogen) atoms. The molecule has 0 atom stereocenters. The van der Waals surface area contributed by atoms with E-state index < -0.39 is 0 Å². The van der Waals surface area contributed by atoms with Gasteiger partial charge in [-0.15, -0.1) is 24.8 Å². The Labute approximate surface area is 113 Å². The standard InChI is InChI=1S/C10H14N4O.2ClH/c15-10(9-7-11-3-4-13-9)14-6-5-12-8-1-2-8;;/h3-4,7-8,12H,1-2,5-6H2,(H,14,15);2*1H. The second-order valence-electron chi connectivity index (χ2n) is 3.57. The monoisotopic (exact) mass is 278 g/mol. The normalized spacial score (nSPS) is 13.2. The van der Waals surface area contributed by atoms with Gasteiger partial charge >= 0.3 is 0 Å². The van der Waals surface area contributed by atoms with Crippen LogP contribution in [-0.4, -0.2) is 35.0 Å². The Kier molecular flexibility index (Phi) is 7.78. The van der Waals surface area contributed by atoms with Crippen LogP contribution in [0.5, 0.6) is 0 Å². The summed E-state index contributed by atoms with van der Waals surface area (Å²) in [5.41, 5.74) is 0.365. The van der Waals surface area contributed by atoms with Crippen molar-refractivity contribution in [2.75, 3.05) is 13.1 Å². The zero-order valence-electron chi connectivity index (χ0n) is 9.26. The molecule has 7 heteroatoms. The Morgan fingerprint density at radius 2 is 2.06 bits per heavy atom. The molecule has 0 saturated heterocycles. The van der Waals surface area contributed by atoms with Gasteiger partial charge < -0.3 is 10.6 Å². The zero-order chi connectivity index (χ0) is 10.5. The minimum atomic E-state index is -0.166. The fourth-order valence-corrected chi connectivity index (χ4v) is 1.25. The summed E-state index contributed by atoms with van der Waals surface area (Å²) in [5, 5.41) is 6.09. The van der Waals surface area contributed by atoms with Gasteiger partial charge in [0.25, 0.3) is 5.91 Å². The molecule has 0 bridgehead atoms. The first kappa shape index (κ1) is 16.1. The van der Waals surface area contributed by atoms with E-state index in [1.54, 1.807) is 6.20 Å². The number of hydrogen-bond acceptors (Lipinski definition) is 4. The highest BCUT2D eigenvalue weighted by Crippen LogP contribution is 2.17. The minimum absolute atomic E-state index is 0. The quantitative estimate of drug-likeness (QED) is 0.782. The van der Waals surface area contributed by atoms with Gasteiger partial charge in [-0.1, -0.05) is 0 Å². The van der Waals surface area contributed by atoms with Crippen molar-refractivity contribution in [2.24, 2.45) is 0 Å². The van der Waals surface area contributed by atoms with Crippen molar-refractivity contribution < 1.29 is 4.79 Å². The van der Waals surface area contributed by atoms with Gasteiger partial charge in [-0.2, -0.15) is 0 Å². The molecule has 96 valence electrons. The van der Waals surface area contributed by atoms with Crippen LogP contribution in [-0.2, 0) is 0 Å². The number of carbonyl (C=O) groups excluding carboxylic acids is 1. The van der Waals surface area contributed by atoms with Crippen LogP contribution in [0.3, 0.4) is 0 Å². The SMILES string of the molecule is Cl.Cl.O=C(NCCNC1CC1)c1cnccn1. The van der Waals surface area contributed by atoms with Gasteiger partial charge in [-0.25, -0.2) is 4.98 Å². The predicted molar refractivity (Wildman–Crippen MR) is 69.9 cm³/mol. The summed E-state index contributed by atoms with van der Waals surface area (Å²) in [7, 11) is 0. The molecule has 1 amide bonds. The Bertz CT molecular complexity index is 332. The van der Waals surface area contributed by atoms with E-state index in [4.69, 9.17) is 0 Å². The summed E-state index contributed by atoms with van der Waals surface area (Å²) < 4.78 is 0. The second kappa shape index (κ2) is 8.22. The number of amides is 1. The first-order valence-electron chi connectivity index (χ1n) is 5.14. The molecule has 2 rings (SSSR count). The first-order chi connectivity index (χ1) is 7.36. The molecule has 0 spiro atoms. The van der Waals surface area contributed by atoms with Crippen molar-refractivity contribution in [2.45, 2.75) is 18.9 Å². The molecule has 2 N–H and O–H groups in total. The summed E-state index contributed by atoms with van der Waals surface area (Å²) in [4.78, 5) is 19.2. The lowest BCUT2D eigenvalue weighted by Crippen LogP contribution is -2.33. The highest BCUT2D eigenvalue weighted by atomic mass is 35.5. The number of hydrogen-bond donors (Lipinski definition) is 2. The van der Waals surface area contributed by atoms with Crippen LogP contribution in [0.25, 0.3) is 0 Å². The molecule has 1 saturated carbocycles. The fourth-order valence-electron chi connectivity index (χ4n) is 1.25. The summed E-state index contributed by atoms with van der Waals surface area (Å²) >= 11 is 0. The number of aromatic nitrogens is 2. The third-order valence-electron chi connectivity index (χ3n) is 2.22. The number of carbonyl (C=O) groups is 1. The van der Waals surface area contributed by atoms with Crippen LogP contribution < -0.4 is 10.6 Å².